The van der Waals surface area contributed by atoms with E-state index in [4.69, 9.17) is 4.74 Å². The summed E-state index contributed by atoms with van der Waals surface area (Å²) in [7, 11) is -0.868. The third-order valence-electron chi connectivity index (χ3n) is 3.07. The van der Waals surface area contributed by atoms with Crippen LogP contribution in [-0.2, 0) is 28.4 Å². The summed E-state index contributed by atoms with van der Waals surface area (Å²) in [5.74, 6) is 0.665. The lowest BCUT2D eigenvalue weighted by molar-refractivity contribution is 0.424. The van der Waals surface area contributed by atoms with E-state index in [9.17, 15) is 4.21 Å². The second-order valence-corrected chi connectivity index (χ2v) is 5.75. The number of ether oxygens (including phenoxy) is 1. The molecule has 0 spiro atoms. The summed E-state index contributed by atoms with van der Waals surface area (Å²) >= 11 is 0. The van der Waals surface area contributed by atoms with Crippen LogP contribution in [0, 0.1) is 0 Å². The zero-order valence-corrected chi connectivity index (χ0v) is 9.39. The molecule has 1 aromatic carbocycles. The summed E-state index contributed by atoms with van der Waals surface area (Å²) in [6, 6.07) is 6.28. The zero-order valence-electron chi connectivity index (χ0n) is 8.57. The van der Waals surface area contributed by atoms with Gasteiger partial charge in [0.05, 0.1) is 29.3 Å². The van der Waals surface area contributed by atoms with Crippen molar-refractivity contribution >= 4 is 10.8 Å². The van der Waals surface area contributed by atoms with Crippen LogP contribution in [0.15, 0.2) is 23.1 Å². The number of hydrogen-bond donors (Lipinski definition) is 0. The molecule has 1 aliphatic carbocycles. The summed E-state index contributed by atoms with van der Waals surface area (Å²) in [5, 5.41) is 0. The van der Waals surface area contributed by atoms with E-state index in [1.807, 2.05) is 6.07 Å². The number of fused-ring (bicyclic) bond motifs is 1. The molecular formula is C12H14O2S. The Kier molecular flexibility index (Phi) is 2.37. The molecule has 1 fully saturated rings. The van der Waals surface area contributed by atoms with E-state index in [1.165, 1.54) is 24.0 Å². The third-order valence-corrected chi connectivity index (χ3v) is 4.53. The highest BCUT2D eigenvalue weighted by molar-refractivity contribution is 7.85. The number of epoxide rings is 1. The first kappa shape index (κ1) is 9.55. The smallest absolute Gasteiger partial charge is 0.0928 e. The van der Waals surface area contributed by atoms with E-state index in [2.05, 4.69) is 12.1 Å². The minimum Gasteiger partial charge on any atom is -0.372 e. The Morgan fingerprint density at radius 3 is 2.93 bits per heavy atom. The Morgan fingerprint density at radius 1 is 1.33 bits per heavy atom. The maximum absolute atomic E-state index is 11.9. The van der Waals surface area contributed by atoms with E-state index in [0.29, 0.717) is 5.75 Å². The molecule has 0 amide bonds. The van der Waals surface area contributed by atoms with Gasteiger partial charge in [0.2, 0.25) is 0 Å². The quantitative estimate of drug-likeness (QED) is 0.728. The first-order valence-electron chi connectivity index (χ1n) is 5.45. The van der Waals surface area contributed by atoms with Crippen LogP contribution < -0.4 is 0 Å². The first-order valence-corrected chi connectivity index (χ1v) is 6.76. The Hall–Kier alpha value is -0.670. The third kappa shape index (κ3) is 1.99. The number of rotatable bonds is 3. The molecule has 15 heavy (non-hydrogen) atoms. The highest BCUT2D eigenvalue weighted by Gasteiger charge is 2.25. The van der Waals surface area contributed by atoms with Crippen molar-refractivity contribution in [3.63, 3.8) is 0 Å². The number of benzene rings is 1. The minimum atomic E-state index is -0.868. The summed E-state index contributed by atoms with van der Waals surface area (Å²) in [4.78, 5) is 0.978. The molecule has 0 radical (unpaired) electrons. The summed E-state index contributed by atoms with van der Waals surface area (Å²) in [6.45, 7) is 0.788. The lowest BCUT2D eigenvalue weighted by Crippen LogP contribution is -2.04. The molecule has 3 heteroatoms. The Labute approximate surface area is 92.1 Å². The maximum Gasteiger partial charge on any atom is 0.0928 e. The molecule has 1 aromatic rings. The molecule has 2 nitrogen and oxygen atoms in total. The summed E-state index contributed by atoms with van der Waals surface area (Å²) < 4.78 is 17.0. The molecule has 0 aromatic heterocycles. The maximum atomic E-state index is 11.9. The monoisotopic (exact) mass is 222 g/mol. The molecule has 0 N–H and O–H groups in total. The van der Waals surface area contributed by atoms with Crippen LogP contribution in [0.4, 0.5) is 0 Å². The molecule has 0 bridgehead atoms. The predicted molar refractivity (Wildman–Crippen MR) is 59.5 cm³/mol. The van der Waals surface area contributed by atoms with Gasteiger partial charge < -0.3 is 4.74 Å². The van der Waals surface area contributed by atoms with Crippen LogP contribution in [0.1, 0.15) is 17.5 Å². The number of aryl methyl sites for hydroxylation is 2. The highest BCUT2D eigenvalue weighted by Crippen LogP contribution is 2.25. The lowest BCUT2D eigenvalue weighted by atomic mass is 10.1. The highest BCUT2D eigenvalue weighted by atomic mass is 32.2. The fraction of sp³-hybridized carbons (Fsp3) is 0.500. The van der Waals surface area contributed by atoms with Gasteiger partial charge in [-0.15, -0.1) is 0 Å². The Bertz CT molecular complexity index is 410. The molecular weight excluding hydrogens is 208 g/mol. The van der Waals surface area contributed by atoms with Crippen molar-refractivity contribution in [2.24, 2.45) is 0 Å². The van der Waals surface area contributed by atoms with Gasteiger partial charge in [0, 0.05) is 4.90 Å². The van der Waals surface area contributed by atoms with Crippen LogP contribution in [-0.4, -0.2) is 22.7 Å². The molecule has 2 atom stereocenters. The Balaban J connectivity index is 1.82. The van der Waals surface area contributed by atoms with Gasteiger partial charge in [-0.25, -0.2) is 0 Å². The van der Waals surface area contributed by atoms with Crippen molar-refractivity contribution in [1.82, 2.24) is 0 Å². The fourth-order valence-corrected chi connectivity index (χ4v) is 3.34. The van der Waals surface area contributed by atoms with Gasteiger partial charge in [-0.3, -0.25) is 4.21 Å². The second kappa shape index (κ2) is 3.72. The van der Waals surface area contributed by atoms with Gasteiger partial charge >= 0.3 is 0 Å². The van der Waals surface area contributed by atoms with Gasteiger partial charge in [0.15, 0.2) is 0 Å². The average molecular weight is 222 g/mol. The molecule has 0 saturated carbocycles. The lowest BCUT2D eigenvalue weighted by Gasteiger charge is -2.03. The van der Waals surface area contributed by atoms with Crippen molar-refractivity contribution in [2.45, 2.75) is 30.3 Å². The van der Waals surface area contributed by atoms with E-state index in [1.54, 1.807) is 0 Å². The molecule has 2 unspecified atom stereocenters. The second-order valence-electron chi connectivity index (χ2n) is 4.25. The van der Waals surface area contributed by atoms with Crippen molar-refractivity contribution in [3.05, 3.63) is 29.3 Å². The molecule has 1 saturated heterocycles. The van der Waals surface area contributed by atoms with Crippen molar-refractivity contribution in [2.75, 3.05) is 12.4 Å². The number of hydrogen-bond acceptors (Lipinski definition) is 2. The molecule has 1 heterocycles. The zero-order chi connectivity index (χ0) is 10.3. The largest absolute Gasteiger partial charge is 0.372 e. The van der Waals surface area contributed by atoms with Crippen LogP contribution in [0.25, 0.3) is 0 Å². The van der Waals surface area contributed by atoms with Gasteiger partial charge in [-0.05, 0) is 42.5 Å². The standard InChI is InChI=1S/C12H14O2S/c13-15(8-11-7-14-11)12-5-4-9-2-1-3-10(9)6-12/h4-6,11H,1-3,7-8H2. The Morgan fingerprint density at radius 2 is 2.13 bits per heavy atom. The molecule has 3 rings (SSSR count). The average Bonchev–Trinajstić information content (AvgIpc) is 2.94. The fourth-order valence-electron chi connectivity index (χ4n) is 2.12. The van der Waals surface area contributed by atoms with E-state index >= 15 is 0 Å². The first-order chi connectivity index (χ1) is 7.33. The predicted octanol–water partition coefficient (Wildman–Crippen LogP) is 1.68. The van der Waals surface area contributed by atoms with E-state index in [-0.39, 0.29) is 6.10 Å². The van der Waals surface area contributed by atoms with E-state index < -0.39 is 10.8 Å². The van der Waals surface area contributed by atoms with Gasteiger partial charge in [0.1, 0.15) is 0 Å². The van der Waals surface area contributed by atoms with Gasteiger partial charge in [-0.1, -0.05) is 6.07 Å². The molecule has 1 aliphatic heterocycles. The van der Waals surface area contributed by atoms with Crippen LogP contribution in [0.3, 0.4) is 0 Å². The van der Waals surface area contributed by atoms with Crippen molar-refractivity contribution in [1.29, 1.82) is 0 Å². The summed E-state index contributed by atoms with van der Waals surface area (Å²) in [6.07, 6.45) is 3.84. The molecule has 80 valence electrons. The van der Waals surface area contributed by atoms with Crippen LogP contribution >= 0.6 is 0 Å². The van der Waals surface area contributed by atoms with Crippen LogP contribution in [0.2, 0.25) is 0 Å². The van der Waals surface area contributed by atoms with E-state index in [0.717, 1.165) is 17.9 Å². The van der Waals surface area contributed by atoms with Crippen molar-refractivity contribution < 1.29 is 8.95 Å². The normalized spacial score (nSPS) is 24.9. The summed E-state index contributed by atoms with van der Waals surface area (Å²) in [5.41, 5.74) is 2.84. The van der Waals surface area contributed by atoms with Crippen molar-refractivity contribution in [3.8, 4) is 0 Å². The topological polar surface area (TPSA) is 29.6 Å². The van der Waals surface area contributed by atoms with Crippen LogP contribution in [0.5, 0.6) is 0 Å². The SMILES string of the molecule is O=S(CC1CO1)c1ccc2c(c1)CCC2. The minimum absolute atomic E-state index is 0.249. The van der Waals surface area contributed by atoms with Gasteiger partial charge in [-0.2, -0.15) is 0 Å². The van der Waals surface area contributed by atoms with Gasteiger partial charge in [0.25, 0.3) is 0 Å². The molecule has 2 aliphatic rings.